The van der Waals surface area contributed by atoms with E-state index in [9.17, 15) is 9.18 Å². The molecule has 0 fully saturated rings. The van der Waals surface area contributed by atoms with Crippen LogP contribution >= 0.6 is 23.4 Å². The zero-order valence-electron chi connectivity index (χ0n) is 7.01. The van der Waals surface area contributed by atoms with E-state index in [-0.39, 0.29) is 10.9 Å². The third kappa shape index (κ3) is 3.36. The third-order valence-electron chi connectivity index (χ3n) is 1.45. The number of hydrogen-bond acceptors (Lipinski definition) is 2. The molecule has 0 aliphatic heterocycles. The van der Waals surface area contributed by atoms with Crippen molar-refractivity contribution in [3.05, 3.63) is 34.6 Å². The predicted molar refractivity (Wildman–Crippen MR) is 53.4 cm³/mol. The summed E-state index contributed by atoms with van der Waals surface area (Å²) in [5.74, 6) is 0.135. The standard InChI is InChI=1S/C9H8ClFOS/c1-6(12)13-5-7-2-3-8(11)4-9(7)10/h2-4H,5H2,1H3. The number of benzene rings is 1. The summed E-state index contributed by atoms with van der Waals surface area (Å²) in [6.07, 6.45) is 0. The van der Waals surface area contributed by atoms with E-state index in [2.05, 4.69) is 0 Å². The van der Waals surface area contributed by atoms with E-state index in [1.807, 2.05) is 0 Å². The molecule has 0 radical (unpaired) electrons. The van der Waals surface area contributed by atoms with Crippen LogP contribution in [0.4, 0.5) is 4.39 Å². The topological polar surface area (TPSA) is 17.1 Å². The molecule has 1 aromatic carbocycles. The fraction of sp³-hybridized carbons (Fsp3) is 0.222. The van der Waals surface area contributed by atoms with Crippen molar-refractivity contribution in [3.63, 3.8) is 0 Å². The molecular formula is C9H8ClFOS. The lowest BCUT2D eigenvalue weighted by atomic mass is 10.2. The van der Waals surface area contributed by atoms with Gasteiger partial charge in [0.1, 0.15) is 5.82 Å². The predicted octanol–water partition coefficient (Wildman–Crippen LogP) is 3.26. The molecule has 70 valence electrons. The van der Waals surface area contributed by atoms with Gasteiger partial charge in [0.25, 0.3) is 0 Å². The Morgan fingerprint density at radius 3 is 2.85 bits per heavy atom. The average molecular weight is 219 g/mol. The highest BCUT2D eigenvalue weighted by molar-refractivity contribution is 8.12. The van der Waals surface area contributed by atoms with Gasteiger partial charge in [-0.25, -0.2) is 4.39 Å². The van der Waals surface area contributed by atoms with Crippen LogP contribution in [-0.2, 0) is 10.5 Å². The Morgan fingerprint density at radius 1 is 1.62 bits per heavy atom. The first-order chi connectivity index (χ1) is 6.09. The fourth-order valence-corrected chi connectivity index (χ4v) is 1.74. The Bertz CT molecular complexity index is 327. The van der Waals surface area contributed by atoms with E-state index in [1.54, 1.807) is 6.07 Å². The van der Waals surface area contributed by atoms with Gasteiger partial charge in [-0.1, -0.05) is 29.4 Å². The van der Waals surface area contributed by atoms with Crippen molar-refractivity contribution in [2.45, 2.75) is 12.7 Å². The Hall–Kier alpha value is -0.540. The lowest BCUT2D eigenvalue weighted by Gasteiger charge is -2.01. The minimum Gasteiger partial charge on any atom is -0.288 e. The molecule has 0 saturated heterocycles. The Balaban J connectivity index is 2.72. The molecule has 1 rings (SSSR count). The number of carbonyl (C=O) groups excluding carboxylic acids is 1. The molecule has 13 heavy (non-hydrogen) atoms. The smallest absolute Gasteiger partial charge is 0.186 e. The second-order valence-electron chi connectivity index (χ2n) is 2.52. The molecule has 0 saturated carbocycles. The quantitative estimate of drug-likeness (QED) is 0.758. The molecule has 0 atom stereocenters. The summed E-state index contributed by atoms with van der Waals surface area (Å²) < 4.78 is 12.6. The molecule has 1 aromatic rings. The molecule has 0 N–H and O–H groups in total. The maximum atomic E-state index is 12.6. The lowest BCUT2D eigenvalue weighted by Crippen LogP contribution is -1.87. The third-order valence-corrected chi connectivity index (χ3v) is 2.66. The Labute approximate surface area is 85.3 Å². The van der Waals surface area contributed by atoms with E-state index in [0.717, 1.165) is 17.3 Å². The van der Waals surface area contributed by atoms with Gasteiger partial charge in [-0.15, -0.1) is 0 Å². The molecule has 0 aliphatic carbocycles. The normalized spacial score (nSPS) is 10.1. The van der Waals surface area contributed by atoms with Crippen LogP contribution in [0.1, 0.15) is 12.5 Å². The average Bonchev–Trinajstić information content (AvgIpc) is 2.02. The zero-order chi connectivity index (χ0) is 9.84. The maximum absolute atomic E-state index is 12.6. The largest absolute Gasteiger partial charge is 0.288 e. The summed E-state index contributed by atoms with van der Waals surface area (Å²) in [6.45, 7) is 1.49. The van der Waals surface area contributed by atoms with E-state index in [1.165, 1.54) is 19.1 Å². The highest BCUT2D eigenvalue weighted by atomic mass is 35.5. The first kappa shape index (κ1) is 10.5. The monoisotopic (exact) mass is 218 g/mol. The van der Waals surface area contributed by atoms with Gasteiger partial charge < -0.3 is 0 Å². The summed E-state index contributed by atoms with van der Waals surface area (Å²) >= 11 is 6.91. The van der Waals surface area contributed by atoms with Crippen LogP contribution in [0.25, 0.3) is 0 Å². The van der Waals surface area contributed by atoms with Gasteiger partial charge in [0.05, 0.1) is 0 Å². The molecule has 4 heteroatoms. The number of hydrogen-bond donors (Lipinski definition) is 0. The number of carbonyl (C=O) groups is 1. The van der Waals surface area contributed by atoms with Crippen LogP contribution in [0.3, 0.4) is 0 Å². The SMILES string of the molecule is CC(=O)SCc1ccc(F)cc1Cl. The van der Waals surface area contributed by atoms with Crippen LogP contribution in [0.5, 0.6) is 0 Å². The van der Waals surface area contributed by atoms with Crippen molar-refractivity contribution in [1.82, 2.24) is 0 Å². The molecule has 0 unspecified atom stereocenters. The molecule has 0 heterocycles. The number of thioether (sulfide) groups is 1. The highest BCUT2D eigenvalue weighted by Crippen LogP contribution is 2.22. The van der Waals surface area contributed by atoms with E-state index >= 15 is 0 Å². The Morgan fingerprint density at radius 2 is 2.31 bits per heavy atom. The van der Waals surface area contributed by atoms with Crippen LogP contribution < -0.4 is 0 Å². The second kappa shape index (κ2) is 4.63. The lowest BCUT2D eigenvalue weighted by molar-refractivity contribution is -0.109. The van der Waals surface area contributed by atoms with Gasteiger partial charge in [-0.05, 0) is 17.7 Å². The minimum absolute atomic E-state index is 0.0281. The van der Waals surface area contributed by atoms with Crippen molar-refractivity contribution in [1.29, 1.82) is 0 Å². The van der Waals surface area contributed by atoms with Gasteiger partial charge in [-0.3, -0.25) is 4.79 Å². The summed E-state index contributed by atoms with van der Waals surface area (Å²) in [7, 11) is 0. The first-order valence-electron chi connectivity index (χ1n) is 3.67. The first-order valence-corrected chi connectivity index (χ1v) is 5.03. The molecule has 0 aromatic heterocycles. The van der Waals surface area contributed by atoms with Gasteiger partial charge in [0, 0.05) is 17.7 Å². The summed E-state index contributed by atoms with van der Waals surface area (Å²) in [6, 6.07) is 4.17. The van der Waals surface area contributed by atoms with Crippen LogP contribution in [0, 0.1) is 5.82 Å². The van der Waals surface area contributed by atoms with Gasteiger partial charge in [0.15, 0.2) is 5.12 Å². The van der Waals surface area contributed by atoms with Crippen LogP contribution in [-0.4, -0.2) is 5.12 Å². The second-order valence-corrected chi connectivity index (χ2v) is 4.08. The van der Waals surface area contributed by atoms with Crippen molar-refractivity contribution in [2.75, 3.05) is 0 Å². The molecule has 0 amide bonds. The van der Waals surface area contributed by atoms with Crippen molar-refractivity contribution in [2.24, 2.45) is 0 Å². The Kier molecular flexibility index (Phi) is 3.75. The molecule has 1 nitrogen and oxygen atoms in total. The fourth-order valence-electron chi connectivity index (χ4n) is 0.818. The molecule has 0 spiro atoms. The maximum Gasteiger partial charge on any atom is 0.186 e. The van der Waals surface area contributed by atoms with Gasteiger partial charge in [0.2, 0.25) is 0 Å². The van der Waals surface area contributed by atoms with Crippen molar-refractivity contribution in [3.8, 4) is 0 Å². The van der Waals surface area contributed by atoms with Gasteiger partial charge >= 0.3 is 0 Å². The number of rotatable bonds is 2. The molecule has 0 aliphatic rings. The molecular weight excluding hydrogens is 211 g/mol. The van der Waals surface area contributed by atoms with E-state index < -0.39 is 0 Å². The number of halogens is 2. The van der Waals surface area contributed by atoms with E-state index in [4.69, 9.17) is 11.6 Å². The summed E-state index contributed by atoms with van der Waals surface area (Å²) in [4.78, 5) is 10.6. The van der Waals surface area contributed by atoms with Crippen molar-refractivity contribution >= 4 is 28.5 Å². The molecule has 0 bridgehead atoms. The minimum atomic E-state index is -0.360. The van der Waals surface area contributed by atoms with Crippen LogP contribution in [0.15, 0.2) is 18.2 Å². The van der Waals surface area contributed by atoms with Gasteiger partial charge in [-0.2, -0.15) is 0 Å². The zero-order valence-corrected chi connectivity index (χ0v) is 8.58. The summed E-state index contributed by atoms with van der Waals surface area (Å²) in [5, 5.41) is 0.397. The summed E-state index contributed by atoms with van der Waals surface area (Å²) in [5.41, 5.74) is 0.781. The highest BCUT2D eigenvalue weighted by Gasteiger charge is 2.03. The van der Waals surface area contributed by atoms with Crippen LogP contribution in [0.2, 0.25) is 5.02 Å². The van der Waals surface area contributed by atoms with Crippen molar-refractivity contribution < 1.29 is 9.18 Å². The van der Waals surface area contributed by atoms with E-state index in [0.29, 0.717) is 10.8 Å².